The Bertz CT molecular complexity index is 547. The normalized spacial score (nSPS) is 17.4. The van der Waals surface area contributed by atoms with Crippen molar-refractivity contribution in [3.8, 4) is 5.75 Å². The Hall–Kier alpha value is -1.84. The maximum absolute atomic E-state index is 5.28. The second-order valence-corrected chi connectivity index (χ2v) is 5.37. The van der Waals surface area contributed by atoms with E-state index in [0.29, 0.717) is 6.04 Å². The number of ether oxygens (including phenoxy) is 1. The standard InChI is InChI=1S/C18H22N2O/c1-21-17-9-7-16(8-10-17)18(15-5-3-2-4-6-15)20-13-11-19-12-14-20/h2-10,18-19H,11-14H2,1H3/t18-/m1/s1. The number of piperazine rings is 1. The minimum Gasteiger partial charge on any atom is -0.497 e. The molecule has 0 radical (unpaired) electrons. The fourth-order valence-electron chi connectivity index (χ4n) is 2.98. The second kappa shape index (κ2) is 6.74. The van der Waals surface area contributed by atoms with Crippen molar-refractivity contribution >= 4 is 0 Å². The van der Waals surface area contributed by atoms with Gasteiger partial charge >= 0.3 is 0 Å². The number of hydrogen-bond acceptors (Lipinski definition) is 3. The van der Waals surface area contributed by atoms with E-state index in [9.17, 15) is 0 Å². The summed E-state index contributed by atoms with van der Waals surface area (Å²) in [6.07, 6.45) is 0. The van der Waals surface area contributed by atoms with Crippen LogP contribution in [0.1, 0.15) is 17.2 Å². The van der Waals surface area contributed by atoms with Crippen molar-refractivity contribution in [3.05, 3.63) is 65.7 Å². The molecule has 0 unspecified atom stereocenters. The summed E-state index contributed by atoms with van der Waals surface area (Å²) in [5, 5.41) is 3.43. The maximum Gasteiger partial charge on any atom is 0.118 e. The molecular weight excluding hydrogens is 260 g/mol. The topological polar surface area (TPSA) is 24.5 Å². The van der Waals surface area contributed by atoms with Crippen LogP contribution in [-0.4, -0.2) is 38.2 Å². The van der Waals surface area contributed by atoms with E-state index in [4.69, 9.17) is 4.74 Å². The molecule has 110 valence electrons. The molecule has 0 spiro atoms. The van der Waals surface area contributed by atoms with Crippen LogP contribution in [0.3, 0.4) is 0 Å². The molecule has 1 saturated heterocycles. The monoisotopic (exact) mass is 282 g/mol. The quantitative estimate of drug-likeness (QED) is 0.933. The lowest BCUT2D eigenvalue weighted by atomic mass is 9.96. The molecule has 1 atom stereocenters. The van der Waals surface area contributed by atoms with E-state index in [0.717, 1.165) is 31.9 Å². The van der Waals surface area contributed by atoms with Crippen LogP contribution in [0.2, 0.25) is 0 Å². The molecule has 3 rings (SSSR count). The van der Waals surface area contributed by atoms with Gasteiger partial charge in [0.2, 0.25) is 0 Å². The first kappa shape index (κ1) is 14.1. The first-order chi connectivity index (χ1) is 10.4. The number of nitrogens with one attached hydrogen (secondary N) is 1. The lowest BCUT2D eigenvalue weighted by Crippen LogP contribution is -2.45. The summed E-state index contributed by atoms with van der Waals surface area (Å²) in [5.74, 6) is 0.908. The van der Waals surface area contributed by atoms with Crippen LogP contribution in [0.25, 0.3) is 0 Å². The largest absolute Gasteiger partial charge is 0.497 e. The average Bonchev–Trinajstić information content (AvgIpc) is 2.58. The third-order valence-corrected chi connectivity index (χ3v) is 4.06. The van der Waals surface area contributed by atoms with Crippen molar-refractivity contribution < 1.29 is 4.74 Å². The van der Waals surface area contributed by atoms with Gasteiger partial charge in [0.25, 0.3) is 0 Å². The van der Waals surface area contributed by atoms with Crippen molar-refractivity contribution in [2.75, 3.05) is 33.3 Å². The van der Waals surface area contributed by atoms with Gasteiger partial charge in [-0.15, -0.1) is 0 Å². The Kier molecular flexibility index (Phi) is 4.53. The Labute approximate surface area is 126 Å². The molecule has 1 aliphatic rings. The van der Waals surface area contributed by atoms with Crippen molar-refractivity contribution in [2.45, 2.75) is 6.04 Å². The van der Waals surface area contributed by atoms with Crippen LogP contribution in [-0.2, 0) is 0 Å². The van der Waals surface area contributed by atoms with Gasteiger partial charge in [-0.1, -0.05) is 42.5 Å². The molecule has 1 heterocycles. The molecule has 1 fully saturated rings. The number of rotatable bonds is 4. The van der Waals surface area contributed by atoms with Crippen molar-refractivity contribution in [2.24, 2.45) is 0 Å². The lowest BCUT2D eigenvalue weighted by Gasteiger charge is -2.35. The summed E-state index contributed by atoms with van der Waals surface area (Å²) in [5.41, 5.74) is 2.67. The van der Waals surface area contributed by atoms with Gasteiger partial charge in [-0.3, -0.25) is 4.90 Å². The van der Waals surface area contributed by atoms with Crippen LogP contribution in [0.15, 0.2) is 54.6 Å². The summed E-state index contributed by atoms with van der Waals surface area (Å²) in [4.78, 5) is 2.55. The second-order valence-electron chi connectivity index (χ2n) is 5.37. The third-order valence-electron chi connectivity index (χ3n) is 4.06. The summed E-state index contributed by atoms with van der Waals surface area (Å²) in [6, 6.07) is 19.5. The first-order valence-corrected chi connectivity index (χ1v) is 7.52. The van der Waals surface area contributed by atoms with Crippen molar-refractivity contribution in [1.82, 2.24) is 10.2 Å². The van der Waals surface area contributed by atoms with E-state index in [-0.39, 0.29) is 0 Å². The number of hydrogen-bond donors (Lipinski definition) is 1. The molecule has 1 aliphatic heterocycles. The first-order valence-electron chi connectivity index (χ1n) is 7.52. The summed E-state index contributed by atoms with van der Waals surface area (Å²) in [6.45, 7) is 4.26. The SMILES string of the molecule is COc1ccc([C@@H](c2ccccc2)N2CCNCC2)cc1. The molecule has 0 aliphatic carbocycles. The highest BCUT2D eigenvalue weighted by Gasteiger charge is 2.23. The van der Waals surface area contributed by atoms with Crippen molar-refractivity contribution in [1.29, 1.82) is 0 Å². The van der Waals surface area contributed by atoms with Gasteiger partial charge in [-0.05, 0) is 23.3 Å². The van der Waals surface area contributed by atoms with Gasteiger partial charge in [-0.25, -0.2) is 0 Å². The zero-order chi connectivity index (χ0) is 14.5. The summed E-state index contributed by atoms with van der Waals surface area (Å²) < 4.78 is 5.28. The Balaban J connectivity index is 1.94. The average molecular weight is 282 g/mol. The fourth-order valence-corrected chi connectivity index (χ4v) is 2.98. The van der Waals surface area contributed by atoms with Crippen LogP contribution in [0.4, 0.5) is 0 Å². The Morgan fingerprint density at radius 3 is 2.14 bits per heavy atom. The van der Waals surface area contributed by atoms with Gasteiger partial charge in [0, 0.05) is 26.2 Å². The van der Waals surface area contributed by atoms with Crippen LogP contribution in [0.5, 0.6) is 5.75 Å². The van der Waals surface area contributed by atoms with Gasteiger partial charge < -0.3 is 10.1 Å². The van der Waals surface area contributed by atoms with Crippen LogP contribution >= 0.6 is 0 Å². The van der Waals surface area contributed by atoms with E-state index in [2.05, 4.69) is 52.7 Å². The highest BCUT2D eigenvalue weighted by molar-refractivity contribution is 5.35. The molecule has 0 bridgehead atoms. The number of benzene rings is 2. The predicted molar refractivity (Wildman–Crippen MR) is 85.7 cm³/mol. The van der Waals surface area contributed by atoms with E-state index in [1.165, 1.54) is 11.1 Å². The van der Waals surface area contributed by atoms with Crippen LogP contribution < -0.4 is 10.1 Å². The highest BCUT2D eigenvalue weighted by atomic mass is 16.5. The zero-order valence-corrected chi connectivity index (χ0v) is 12.5. The fraction of sp³-hybridized carbons (Fsp3) is 0.333. The predicted octanol–water partition coefficient (Wildman–Crippen LogP) is 2.69. The van der Waals surface area contributed by atoms with Crippen molar-refractivity contribution in [3.63, 3.8) is 0 Å². The van der Waals surface area contributed by atoms with Gasteiger partial charge in [0.15, 0.2) is 0 Å². The molecule has 1 N–H and O–H groups in total. The smallest absolute Gasteiger partial charge is 0.118 e. The van der Waals surface area contributed by atoms with E-state index < -0.39 is 0 Å². The molecule has 0 aromatic heterocycles. The van der Waals surface area contributed by atoms with E-state index >= 15 is 0 Å². The molecule has 21 heavy (non-hydrogen) atoms. The van der Waals surface area contributed by atoms with Crippen LogP contribution in [0, 0.1) is 0 Å². The molecule has 3 heteroatoms. The summed E-state index contributed by atoms with van der Waals surface area (Å²) >= 11 is 0. The van der Waals surface area contributed by atoms with E-state index in [1.54, 1.807) is 7.11 Å². The van der Waals surface area contributed by atoms with Gasteiger partial charge in [0.1, 0.15) is 5.75 Å². The molecular formula is C18H22N2O. The minimum atomic E-state index is 0.319. The Morgan fingerprint density at radius 1 is 0.905 bits per heavy atom. The molecule has 2 aromatic carbocycles. The molecule has 3 nitrogen and oxygen atoms in total. The Morgan fingerprint density at radius 2 is 1.52 bits per heavy atom. The number of methoxy groups -OCH3 is 1. The molecule has 2 aromatic rings. The maximum atomic E-state index is 5.28. The van der Waals surface area contributed by atoms with E-state index in [1.807, 2.05) is 12.1 Å². The molecule has 0 saturated carbocycles. The lowest BCUT2D eigenvalue weighted by molar-refractivity contribution is 0.198. The zero-order valence-electron chi connectivity index (χ0n) is 12.5. The van der Waals surface area contributed by atoms with Gasteiger partial charge in [0.05, 0.1) is 13.2 Å². The third kappa shape index (κ3) is 3.26. The highest BCUT2D eigenvalue weighted by Crippen LogP contribution is 2.29. The number of nitrogens with zero attached hydrogens (tertiary/aromatic N) is 1. The summed E-state index contributed by atoms with van der Waals surface area (Å²) in [7, 11) is 1.71. The molecule has 0 amide bonds. The van der Waals surface area contributed by atoms with Gasteiger partial charge in [-0.2, -0.15) is 0 Å². The minimum absolute atomic E-state index is 0.319.